The van der Waals surface area contributed by atoms with Gasteiger partial charge in [0.05, 0.1) is 12.1 Å². The maximum Gasteiger partial charge on any atom is 0.433 e. The molecule has 0 radical (unpaired) electrons. The molecule has 2 fully saturated rings. The summed E-state index contributed by atoms with van der Waals surface area (Å²) < 4.78 is 44.7. The monoisotopic (exact) mass is 397 g/mol. The number of nitrogens with zero attached hydrogens (tertiary/aromatic N) is 2. The maximum atomic E-state index is 12.9. The zero-order valence-corrected chi connectivity index (χ0v) is 14.4. The van der Waals surface area contributed by atoms with Gasteiger partial charge in [0, 0.05) is 12.6 Å². The van der Waals surface area contributed by atoms with E-state index in [9.17, 15) is 28.5 Å². The van der Waals surface area contributed by atoms with E-state index < -0.39 is 47.9 Å². The molecular formula is C18H18F3N3O4. The number of nitrogens with one attached hydrogen (secondary N) is 1. The minimum atomic E-state index is -4.65. The smallest absolute Gasteiger partial charge is 0.390 e. The van der Waals surface area contributed by atoms with E-state index in [0.717, 1.165) is 12.3 Å². The molecule has 4 N–H and O–H groups in total. The third kappa shape index (κ3) is 3.22. The van der Waals surface area contributed by atoms with Gasteiger partial charge in [-0.25, -0.2) is 9.97 Å². The summed E-state index contributed by atoms with van der Waals surface area (Å²) in [6.45, 7) is 0. The van der Waals surface area contributed by atoms with Crippen molar-refractivity contribution in [2.24, 2.45) is 0 Å². The van der Waals surface area contributed by atoms with Gasteiger partial charge < -0.3 is 25.4 Å². The fourth-order valence-corrected chi connectivity index (χ4v) is 3.55. The van der Waals surface area contributed by atoms with Crippen LogP contribution in [-0.4, -0.2) is 55.2 Å². The molecule has 1 aromatic carbocycles. The van der Waals surface area contributed by atoms with Gasteiger partial charge in [-0.2, -0.15) is 13.2 Å². The Labute approximate surface area is 157 Å². The van der Waals surface area contributed by atoms with E-state index in [1.165, 1.54) is 0 Å². The van der Waals surface area contributed by atoms with E-state index >= 15 is 0 Å². The lowest BCUT2D eigenvalue weighted by Crippen LogP contribution is -2.59. The summed E-state index contributed by atoms with van der Waals surface area (Å²) in [6, 6.07) is 8.39. The highest BCUT2D eigenvalue weighted by atomic mass is 19.4. The summed E-state index contributed by atoms with van der Waals surface area (Å²) in [7, 11) is 0. The van der Waals surface area contributed by atoms with Crippen LogP contribution < -0.4 is 5.32 Å². The predicted molar refractivity (Wildman–Crippen MR) is 90.1 cm³/mol. The Hall–Kier alpha value is -2.27. The minimum absolute atomic E-state index is 0.154. The summed E-state index contributed by atoms with van der Waals surface area (Å²) >= 11 is 0. The van der Waals surface area contributed by atoms with Crippen LogP contribution in [0.5, 0.6) is 0 Å². The average molecular weight is 397 g/mol. The number of rotatable bonds is 3. The first-order valence-corrected chi connectivity index (χ1v) is 8.66. The molecule has 6 atom stereocenters. The number of aliphatic hydroxyl groups is 3. The molecule has 1 saturated heterocycles. The normalized spacial score (nSPS) is 35.0. The second-order valence-corrected chi connectivity index (χ2v) is 6.99. The third-order valence-electron chi connectivity index (χ3n) is 5.15. The van der Waals surface area contributed by atoms with Crippen molar-refractivity contribution in [2.75, 3.05) is 5.32 Å². The van der Waals surface area contributed by atoms with Gasteiger partial charge in [0.25, 0.3) is 0 Å². The Bertz CT molecular complexity index is 853. The Balaban J connectivity index is 1.67. The van der Waals surface area contributed by atoms with Crippen molar-refractivity contribution in [3.63, 3.8) is 0 Å². The van der Waals surface area contributed by atoms with Gasteiger partial charge in [-0.05, 0) is 11.6 Å². The highest BCUT2D eigenvalue weighted by Gasteiger charge is 2.67. The van der Waals surface area contributed by atoms with Crippen molar-refractivity contribution in [3.05, 3.63) is 53.9 Å². The van der Waals surface area contributed by atoms with Crippen LogP contribution in [0.2, 0.25) is 0 Å². The molecule has 0 amide bonds. The number of benzene rings is 1. The van der Waals surface area contributed by atoms with Crippen LogP contribution in [0.4, 0.5) is 19.1 Å². The number of halogens is 3. The number of hydrogen-bond donors (Lipinski definition) is 4. The van der Waals surface area contributed by atoms with Crippen molar-refractivity contribution < 1.29 is 33.2 Å². The van der Waals surface area contributed by atoms with Gasteiger partial charge in [0.1, 0.15) is 29.6 Å². The van der Waals surface area contributed by atoms with Gasteiger partial charge in [-0.1, -0.05) is 30.3 Å². The van der Waals surface area contributed by atoms with E-state index in [1.807, 2.05) is 0 Å². The average Bonchev–Trinajstić information content (AvgIpc) is 3.32. The lowest BCUT2D eigenvalue weighted by molar-refractivity contribution is -0.202. The van der Waals surface area contributed by atoms with Crippen LogP contribution >= 0.6 is 0 Å². The van der Waals surface area contributed by atoms with Gasteiger partial charge in [0.15, 0.2) is 0 Å². The summed E-state index contributed by atoms with van der Waals surface area (Å²) in [5.41, 5.74) is -1.81. The van der Waals surface area contributed by atoms with Crippen LogP contribution in [0.15, 0.2) is 42.6 Å². The van der Waals surface area contributed by atoms with Crippen molar-refractivity contribution in [2.45, 2.75) is 48.7 Å². The zero-order valence-electron chi connectivity index (χ0n) is 14.4. The number of anilines is 1. The SMILES string of the molecule is O[C@@H]1[C@@H](Nc2nccc(C(F)(F)F)n2)[C@H](c2ccccc2)O[C@@]2(C[C@H]2O)[C@@H]1O. The molecule has 1 aromatic heterocycles. The Morgan fingerprint density at radius 2 is 1.79 bits per heavy atom. The fourth-order valence-electron chi connectivity index (χ4n) is 3.55. The van der Waals surface area contributed by atoms with Crippen molar-refractivity contribution in [1.82, 2.24) is 9.97 Å². The topological polar surface area (TPSA) is 108 Å². The number of alkyl halides is 3. The first-order chi connectivity index (χ1) is 13.2. The van der Waals surface area contributed by atoms with Crippen molar-refractivity contribution >= 4 is 5.95 Å². The molecule has 150 valence electrons. The molecule has 7 nitrogen and oxygen atoms in total. The summed E-state index contributed by atoms with van der Waals surface area (Å²) in [6.07, 6.45) is -8.19. The second kappa shape index (κ2) is 6.66. The highest BCUT2D eigenvalue weighted by molar-refractivity contribution is 5.34. The molecule has 0 bridgehead atoms. The Kier molecular flexibility index (Phi) is 4.53. The first kappa shape index (κ1) is 19.1. The maximum absolute atomic E-state index is 12.9. The first-order valence-electron chi connectivity index (χ1n) is 8.66. The molecule has 2 aromatic rings. The molecule has 1 spiro atoms. The number of aromatic nitrogens is 2. The molecule has 1 aliphatic heterocycles. The second-order valence-electron chi connectivity index (χ2n) is 6.99. The fraction of sp³-hybridized carbons (Fsp3) is 0.444. The molecule has 2 heterocycles. The zero-order chi connectivity index (χ0) is 20.1. The van der Waals surface area contributed by atoms with Gasteiger partial charge >= 0.3 is 6.18 Å². The lowest BCUT2D eigenvalue weighted by atomic mass is 9.87. The molecule has 1 saturated carbocycles. The summed E-state index contributed by atoms with van der Waals surface area (Å²) in [4.78, 5) is 7.23. The third-order valence-corrected chi connectivity index (χ3v) is 5.15. The molecule has 28 heavy (non-hydrogen) atoms. The Morgan fingerprint density at radius 3 is 2.39 bits per heavy atom. The van der Waals surface area contributed by atoms with Gasteiger partial charge in [-0.3, -0.25) is 0 Å². The van der Waals surface area contributed by atoms with Crippen molar-refractivity contribution in [1.29, 1.82) is 0 Å². The van der Waals surface area contributed by atoms with Crippen LogP contribution in [0, 0.1) is 0 Å². The number of aliphatic hydroxyl groups excluding tert-OH is 3. The van der Waals surface area contributed by atoms with E-state index in [-0.39, 0.29) is 12.4 Å². The van der Waals surface area contributed by atoms with Gasteiger partial charge in [-0.15, -0.1) is 0 Å². The van der Waals surface area contributed by atoms with Gasteiger partial charge in [0.2, 0.25) is 5.95 Å². The van der Waals surface area contributed by atoms with E-state index in [0.29, 0.717) is 5.56 Å². The van der Waals surface area contributed by atoms with Crippen molar-refractivity contribution in [3.8, 4) is 0 Å². The van der Waals surface area contributed by atoms with Crippen LogP contribution in [0.25, 0.3) is 0 Å². The summed E-state index contributed by atoms with van der Waals surface area (Å²) in [5, 5.41) is 33.7. The lowest BCUT2D eigenvalue weighted by Gasteiger charge is -2.44. The van der Waals surface area contributed by atoms with E-state index in [4.69, 9.17) is 4.74 Å². The Morgan fingerprint density at radius 1 is 1.11 bits per heavy atom. The largest absolute Gasteiger partial charge is 0.433 e. The number of hydrogen-bond acceptors (Lipinski definition) is 7. The molecule has 4 rings (SSSR count). The van der Waals surface area contributed by atoms with Crippen LogP contribution in [-0.2, 0) is 10.9 Å². The highest BCUT2D eigenvalue weighted by Crippen LogP contribution is 2.52. The van der Waals surface area contributed by atoms with Crippen LogP contribution in [0.3, 0.4) is 0 Å². The van der Waals surface area contributed by atoms with E-state index in [1.54, 1.807) is 30.3 Å². The standard InChI is InChI=1S/C18H18F3N3O4/c19-18(20,21)10-6-7-22-16(23-10)24-12-13(26)15(27)17(8-11(17)25)28-14(12)9-4-2-1-3-5-9/h1-7,11-15,25-27H,8H2,(H,22,23,24)/t11-,12-,13-,14+,15-,17-/m1/s1. The van der Waals surface area contributed by atoms with Crippen LogP contribution in [0.1, 0.15) is 23.8 Å². The minimum Gasteiger partial charge on any atom is -0.390 e. The summed E-state index contributed by atoms with van der Waals surface area (Å²) in [5.74, 6) is -0.358. The molecule has 1 aliphatic carbocycles. The molecular weight excluding hydrogens is 379 g/mol. The quantitative estimate of drug-likeness (QED) is 0.618. The molecule has 0 unspecified atom stereocenters. The molecule has 10 heteroatoms. The van der Waals surface area contributed by atoms with E-state index in [2.05, 4.69) is 15.3 Å². The number of ether oxygens (including phenoxy) is 1. The molecule has 2 aliphatic rings. The predicted octanol–water partition coefficient (Wildman–Crippen LogP) is 1.27.